The summed E-state index contributed by atoms with van der Waals surface area (Å²) in [6, 6.07) is 3.36. The summed E-state index contributed by atoms with van der Waals surface area (Å²) in [5.41, 5.74) is 1.06. The van der Waals surface area contributed by atoms with Crippen molar-refractivity contribution in [3.8, 4) is 11.5 Å². The number of ketones is 1. The maximum Gasteiger partial charge on any atom is 0.310 e. The third kappa shape index (κ3) is 3.54. The van der Waals surface area contributed by atoms with Crippen LogP contribution in [0.25, 0.3) is 0 Å². The number of hydrogen-bond acceptors (Lipinski definition) is 5. The fraction of sp³-hybridized carbons (Fsp3) is 0.500. The largest absolute Gasteiger partial charge is 0.497 e. The van der Waals surface area contributed by atoms with Crippen molar-refractivity contribution in [3.05, 3.63) is 23.3 Å². The summed E-state index contributed by atoms with van der Waals surface area (Å²) < 4.78 is 15.8. The Kier molecular flexibility index (Phi) is 4.83. The number of benzene rings is 1. The highest BCUT2D eigenvalue weighted by atomic mass is 16.5. The van der Waals surface area contributed by atoms with E-state index in [0.29, 0.717) is 41.9 Å². The van der Waals surface area contributed by atoms with E-state index in [4.69, 9.17) is 14.2 Å². The lowest BCUT2D eigenvalue weighted by molar-refractivity contribution is -0.147. The van der Waals surface area contributed by atoms with Gasteiger partial charge in [-0.25, -0.2) is 0 Å². The van der Waals surface area contributed by atoms with E-state index in [1.165, 1.54) is 14.2 Å². The quantitative estimate of drug-likeness (QED) is 0.784. The second-order valence-corrected chi connectivity index (χ2v) is 5.16. The first kappa shape index (κ1) is 15.4. The Balaban J connectivity index is 2.49. The molecule has 5 nitrogen and oxygen atoms in total. The van der Waals surface area contributed by atoms with Crippen LogP contribution < -0.4 is 9.47 Å². The predicted molar refractivity (Wildman–Crippen MR) is 77.0 cm³/mol. The Morgan fingerprint density at radius 3 is 2.62 bits per heavy atom. The molecular formula is C16H20O5. The smallest absolute Gasteiger partial charge is 0.310 e. The molecule has 1 aromatic rings. The molecule has 0 spiro atoms. The molecule has 1 aliphatic rings. The predicted octanol–water partition coefficient (Wildman–Crippen LogP) is 2.54. The molecule has 0 bridgehead atoms. The van der Waals surface area contributed by atoms with Gasteiger partial charge in [-0.3, -0.25) is 9.59 Å². The number of rotatable bonds is 2. The van der Waals surface area contributed by atoms with E-state index in [0.717, 1.165) is 0 Å². The fourth-order valence-electron chi connectivity index (χ4n) is 2.54. The molecule has 1 unspecified atom stereocenters. The number of ether oxygens (including phenoxy) is 3. The molecular weight excluding hydrogens is 272 g/mol. The molecule has 0 saturated heterocycles. The third-order valence-corrected chi connectivity index (χ3v) is 3.57. The van der Waals surface area contributed by atoms with Crippen LogP contribution in [0, 0.1) is 0 Å². The highest BCUT2D eigenvalue weighted by molar-refractivity contribution is 6.01. The molecule has 0 N–H and O–H groups in total. The van der Waals surface area contributed by atoms with Crippen LogP contribution in [0.2, 0.25) is 0 Å². The lowest BCUT2D eigenvalue weighted by Crippen LogP contribution is -2.20. The molecule has 0 amide bonds. The van der Waals surface area contributed by atoms with Crippen LogP contribution in [0.15, 0.2) is 12.1 Å². The van der Waals surface area contributed by atoms with Crippen molar-refractivity contribution in [3.63, 3.8) is 0 Å². The van der Waals surface area contributed by atoms with Gasteiger partial charge in [0, 0.05) is 12.5 Å². The minimum atomic E-state index is -0.339. The molecule has 0 aromatic heterocycles. The van der Waals surface area contributed by atoms with Crippen molar-refractivity contribution in [1.82, 2.24) is 0 Å². The van der Waals surface area contributed by atoms with Gasteiger partial charge in [-0.2, -0.15) is 0 Å². The monoisotopic (exact) mass is 292 g/mol. The second kappa shape index (κ2) is 6.61. The van der Waals surface area contributed by atoms with Crippen LogP contribution >= 0.6 is 0 Å². The Morgan fingerprint density at radius 1 is 1.19 bits per heavy atom. The van der Waals surface area contributed by atoms with Crippen molar-refractivity contribution in [2.24, 2.45) is 0 Å². The van der Waals surface area contributed by atoms with E-state index in [2.05, 4.69) is 0 Å². The van der Waals surface area contributed by atoms with Crippen molar-refractivity contribution >= 4 is 11.8 Å². The molecule has 2 rings (SSSR count). The molecule has 1 heterocycles. The van der Waals surface area contributed by atoms with Gasteiger partial charge in [-0.05, 0) is 31.4 Å². The average molecular weight is 292 g/mol. The molecule has 1 aromatic carbocycles. The summed E-state index contributed by atoms with van der Waals surface area (Å²) in [5, 5.41) is 0. The average Bonchev–Trinajstić information content (AvgIpc) is 2.45. The zero-order valence-electron chi connectivity index (χ0n) is 12.6. The highest BCUT2D eigenvalue weighted by Gasteiger charge is 2.23. The van der Waals surface area contributed by atoms with E-state index in [9.17, 15) is 9.59 Å². The van der Waals surface area contributed by atoms with E-state index in [1.807, 2.05) is 6.92 Å². The summed E-state index contributed by atoms with van der Waals surface area (Å²) in [6.45, 7) is 1.84. The summed E-state index contributed by atoms with van der Waals surface area (Å²) in [4.78, 5) is 24.4. The lowest BCUT2D eigenvalue weighted by atomic mass is 9.95. The molecule has 0 fully saturated rings. The van der Waals surface area contributed by atoms with Gasteiger partial charge in [0.1, 0.15) is 11.5 Å². The van der Waals surface area contributed by atoms with Gasteiger partial charge in [0.2, 0.25) is 0 Å². The van der Waals surface area contributed by atoms with E-state index in [1.54, 1.807) is 12.1 Å². The molecule has 1 atom stereocenters. The van der Waals surface area contributed by atoms with Crippen molar-refractivity contribution in [2.45, 2.75) is 38.7 Å². The molecule has 0 saturated carbocycles. The number of fused-ring (bicyclic) bond motifs is 1. The van der Waals surface area contributed by atoms with Crippen LogP contribution in [-0.2, 0) is 16.0 Å². The first-order chi connectivity index (χ1) is 10.0. The normalized spacial score (nSPS) is 19.5. The molecule has 21 heavy (non-hydrogen) atoms. The van der Waals surface area contributed by atoms with Crippen LogP contribution in [-0.4, -0.2) is 32.1 Å². The van der Waals surface area contributed by atoms with Crippen LogP contribution in [0.3, 0.4) is 0 Å². The number of carbonyl (C=O) groups excluding carboxylic acids is 2. The van der Waals surface area contributed by atoms with Gasteiger partial charge in [-0.1, -0.05) is 0 Å². The van der Waals surface area contributed by atoms with Crippen LogP contribution in [0.1, 0.15) is 42.1 Å². The lowest BCUT2D eigenvalue weighted by Gasteiger charge is -2.19. The van der Waals surface area contributed by atoms with Crippen LogP contribution in [0.5, 0.6) is 11.5 Å². The summed E-state index contributed by atoms with van der Waals surface area (Å²) in [6.07, 6.45) is 1.66. The fourth-order valence-corrected chi connectivity index (χ4v) is 2.54. The summed E-state index contributed by atoms with van der Waals surface area (Å²) in [5.74, 6) is 0.646. The molecule has 114 valence electrons. The standard InChI is InChI=1S/C16H20O5/c1-10-5-4-6-13(17)16-11(8-15(18)21-10)7-12(19-2)9-14(16)20-3/h7,9-10H,4-6,8H2,1-3H3. The summed E-state index contributed by atoms with van der Waals surface area (Å²) >= 11 is 0. The number of Topliss-reactive ketones (excluding diaryl/α,β-unsaturated/α-hetero) is 1. The Morgan fingerprint density at radius 2 is 1.95 bits per heavy atom. The van der Waals surface area contributed by atoms with Crippen LogP contribution in [0.4, 0.5) is 0 Å². The topological polar surface area (TPSA) is 61.8 Å². The van der Waals surface area contributed by atoms with E-state index < -0.39 is 0 Å². The first-order valence-corrected chi connectivity index (χ1v) is 7.02. The third-order valence-electron chi connectivity index (χ3n) is 3.57. The minimum absolute atomic E-state index is 0.00796. The zero-order valence-corrected chi connectivity index (χ0v) is 12.6. The molecule has 0 aliphatic carbocycles. The van der Waals surface area contributed by atoms with Gasteiger partial charge in [0.25, 0.3) is 0 Å². The van der Waals surface area contributed by atoms with E-state index in [-0.39, 0.29) is 24.3 Å². The highest BCUT2D eigenvalue weighted by Crippen LogP contribution is 2.31. The summed E-state index contributed by atoms with van der Waals surface area (Å²) in [7, 11) is 3.03. The van der Waals surface area contributed by atoms with Crippen molar-refractivity contribution in [2.75, 3.05) is 14.2 Å². The molecule has 0 radical (unpaired) electrons. The maximum atomic E-state index is 12.4. The number of carbonyl (C=O) groups is 2. The molecule has 5 heteroatoms. The number of cyclic esters (lactones) is 1. The second-order valence-electron chi connectivity index (χ2n) is 5.16. The maximum absolute atomic E-state index is 12.4. The molecule has 1 aliphatic heterocycles. The number of methoxy groups -OCH3 is 2. The number of esters is 1. The van der Waals surface area contributed by atoms with E-state index >= 15 is 0 Å². The first-order valence-electron chi connectivity index (χ1n) is 7.02. The van der Waals surface area contributed by atoms with Gasteiger partial charge in [-0.15, -0.1) is 0 Å². The Labute approximate surface area is 124 Å². The zero-order chi connectivity index (χ0) is 15.4. The Hall–Kier alpha value is -2.04. The van der Waals surface area contributed by atoms with Gasteiger partial charge in [0.05, 0.1) is 32.3 Å². The Bertz CT molecular complexity index is 550. The van der Waals surface area contributed by atoms with Gasteiger partial charge < -0.3 is 14.2 Å². The SMILES string of the molecule is COc1cc2c(c(OC)c1)C(=O)CCCC(C)OC(=O)C2. The van der Waals surface area contributed by atoms with Crippen molar-refractivity contribution in [1.29, 1.82) is 0 Å². The number of hydrogen-bond donors (Lipinski definition) is 0. The van der Waals surface area contributed by atoms with Crippen molar-refractivity contribution < 1.29 is 23.8 Å². The van der Waals surface area contributed by atoms with Gasteiger partial charge >= 0.3 is 5.97 Å². The van der Waals surface area contributed by atoms with Gasteiger partial charge in [0.15, 0.2) is 5.78 Å². The minimum Gasteiger partial charge on any atom is -0.497 e.